The molecule has 2 aliphatic heterocycles. The molecule has 126 valence electrons. The van der Waals surface area contributed by atoms with E-state index in [-0.39, 0.29) is 6.03 Å². The van der Waals surface area contributed by atoms with Crippen LogP contribution >= 0.6 is 11.8 Å². The van der Waals surface area contributed by atoms with Crippen LogP contribution in [0.4, 0.5) is 4.79 Å². The number of rotatable bonds is 4. The number of hydrogen-bond acceptors (Lipinski definition) is 3. The lowest BCUT2D eigenvalue weighted by Gasteiger charge is -2.39. The van der Waals surface area contributed by atoms with Gasteiger partial charge in [-0.1, -0.05) is 19.3 Å². The van der Waals surface area contributed by atoms with Crippen LogP contribution in [0.2, 0.25) is 0 Å². The zero-order chi connectivity index (χ0) is 15.2. The molecule has 0 aromatic heterocycles. The first kappa shape index (κ1) is 16.4. The highest BCUT2D eigenvalue weighted by Gasteiger charge is 2.27. The fraction of sp³-hybridized carbons (Fsp3) is 0.941. The normalized spacial score (nSPS) is 28.6. The van der Waals surface area contributed by atoms with E-state index in [9.17, 15) is 4.79 Å². The average molecular weight is 326 g/mol. The van der Waals surface area contributed by atoms with Gasteiger partial charge >= 0.3 is 6.03 Å². The van der Waals surface area contributed by atoms with Crippen LogP contribution in [0, 0.1) is 5.92 Å². The second-order valence-electron chi connectivity index (χ2n) is 7.19. The highest BCUT2D eigenvalue weighted by molar-refractivity contribution is 7.99. The van der Waals surface area contributed by atoms with Crippen molar-refractivity contribution in [1.29, 1.82) is 0 Å². The van der Waals surface area contributed by atoms with Gasteiger partial charge in [-0.3, -0.25) is 0 Å². The van der Waals surface area contributed by atoms with Gasteiger partial charge in [0.25, 0.3) is 0 Å². The van der Waals surface area contributed by atoms with E-state index in [2.05, 4.69) is 15.5 Å². The van der Waals surface area contributed by atoms with Crippen molar-refractivity contribution in [1.82, 2.24) is 15.5 Å². The monoisotopic (exact) mass is 325 g/mol. The van der Waals surface area contributed by atoms with E-state index in [1.807, 2.05) is 11.8 Å². The molecule has 0 radical (unpaired) electrons. The van der Waals surface area contributed by atoms with E-state index < -0.39 is 0 Å². The van der Waals surface area contributed by atoms with Gasteiger partial charge in [0, 0.05) is 31.7 Å². The minimum atomic E-state index is 0.0491. The zero-order valence-electron chi connectivity index (χ0n) is 13.7. The Labute approximate surface area is 139 Å². The van der Waals surface area contributed by atoms with Crippen LogP contribution in [-0.2, 0) is 0 Å². The maximum absolute atomic E-state index is 12.0. The Morgan fingerprint density at radius 1 is 1.05 bits per heavy atom. The minimum absolute atomic E-state index is 0.0491. The molecule has 0 bridgehead atoms. The predicted octanol–water partition coefficient (Wildman–Crippen LogP) is 2.84. The van der Waals surface area contributed by atoms with Gasteiger partial charge in [-0.25, -0.2) is 4.79 Å². The van der Waals surface area contributed by atoms with Crippen molar-refractivity contribution in [2.45, 2.75) is 63.5 Å². The van der Waals surface area contributed by atoms with Crippen molar-refractivity contribution in [2.75, 3.05) is 31.1 Å². The molecular weight excluding hydrogens is 294 g/mol. The second kappa shape index (κ2) is 8.44. The van der Waals surface area contributed by atoms with Gasteiger partial charge in [-0.05, 0) is 49.5 Å². The summed E-state index contributed by atoms with van der Waals surface area (Å²) in [6.07, 6.45) is 10.5. The smallest absolute Gasteiger partial charge is 0.315 e. The van der Waals surface area contributed by atoms with Crippen LogP contribution in [0.1, 0.15) is 51.4 Å². The number of nitrogens with zero attached hydrogens (tertiary/aromatic N) is 1. The third-order valence-electron chi connectivity index (χ3n) is 5.53. The van der Waals surface area contributed by atoms with E-state index >= 15 is 0 Å². The minimum Gasteiger partial charge on any atom is -0.338 e. The number of thioether (sulfide) groups is 1. The lowest BCUT2D eigenvalue weighted by Crippen LogP contribution is -2.50. The summed E-state index contributed by atoms with van der Waals surface area (Å²) in [5.41, 5.74) is 0. The van der Waals surface area contributed by atoms with Crippen LogP contribution in [0.3, 0.4) is 0 Å². The molecule has 0 aromatic rings. The van der Waals surface area contributed by atoms with Crippen LogP contribution in [-0.4, -0.2) is 54.2 Å². The largest absolute Gasteiger partial charge is 0.338 e. The van der Waals surface area contributed by atoms with E-state index in [4.69, 9.17) is 0 Å². The highest BCUT2D eigenvalue weighted by Crippen LogP contribution is 2.25. The number of likely N-dealkylation sites (tertiary alicyclic amines) is 1. The molecule has 3 aliphatic rings. The molecule has 2 saturated heterocycles. The number of nitrogens with one attached hydrogen (secondary N) is 2. The number of carbonyl (C=O) groups is 1. The summed E-state index contributed by atoms with van der Waals surface area (Å²) in [6.45, 7) is 3.17. The van der Waals surface area contributed by atoms with Crippen molar-refractivity contribution >= 4 is 17.8 Å². The molecule has 5 heteroatoms. The number of urea groups is 1. The fourth-order valence-corrected chi connectivity index (χ4v) is 5.36. The Morgan fingerprint density at radius 2 is 1.82 bits per heavy atom. The Balaban J connectivity index is 1.31. The van der Waals surface area contributed by atoms with Crippen molar-refractivity contribution in [3.05, 3.63) is 0 Å². The molecule has 1 unspecified atom stereocenters. The zero-order valence-corrected chi connectivity index (χ0v) is 14.5. The van der Waals surface area contributed by atoms with Gasteiger partial charge in [0.05, 0.1) is 0 Å². The molecule has 2 amide bonds. The molecule has 22 heavy (non-hydrogen) atoms. The molecule has 2 heterocycles. The van der Waals surface area contributed by atoms with Gasteiger partial charge in [0.1, 0.15) is 0 Å². The van der Waals surface area contributed by atoms with Gasteiger partial charge in [0.15, 0.2) is 0 Å². The Kier molecular flexibility index (Phi) is 6.30. The maximum atomic E-state index is 12.0. The Bertz CT molecular complexity index is 346. The molecule has 4 nitrogen and oxygen atoms in total. The average Bonchev–Trinajstić information content (AvgIpc) is 3.08. The van der Waals surface area contributed by atoms with Crippen LogP contribution in [0.5, 0.6) is 0 Å². The summed E-state index contributed by atoms with van der Waals surface area (Å²) in [6, 6.07) is 1.24. The number of amides is 2. The van der Waals surface area contributed by atoms with E-state index in [0.29, 0.717) is 12.0 Å². The van der Waals surface area contributed by atoms with Gasteiger partial charge in [-0.15, -0.1) is 0 Å². The van der Waals surface area contributed by atoms with E-state index in [1.165, 1.54) is 50.0 Å². The molecule has 2 N–H and O–H groups in total. The summed E-state index contributed by atoms with van der Waals surface area (Å²) < 4.78 is 0. The van der Waals surface area contributed by atoms with E-state index in [0.717, 1.165) is 38.5 Å². The van der Waals surface area contributed by atoms with Gasteiger partial charge < -0.3 is 15.5 Å². The Morgan fingerprint density at radius 3 is 2.50 bits per heavy atom. The van der Waals surface area contributed by atoms with Gasteiger partial charge in [0.2, 0.25) is 0 Å². The first-order valence-electron chi connectivity index (χ1n) is 9.17. The van der Waals surface area contributed by atoms with Crippen molar-refractivity contribution in [2.24, 2.45) is 5.92 Å². The lowest BCUT2D eigenvalue weighted by molar-refractivity contribution is 0.117. The maximum Gasteiger partial charge on any atom is 0.315 e. The standard InChI is InChI=1S/C17H31N3OS/c21-17(18-12-14-8-11-22-13-14)19-15-6-9-20(10-7-15)16-4-2-1-3-5-16/h14-16H,1-13H2,(H2,18,19,21). The predicted molar refractivity (Wildman–Crippen MR) is 93.4 cm³/mol. The molecule has 0 spiro atoms. The molecule has 0 aromatic carbocycles. The van der Waals surface area contributed by atoms with Crippen LogP contribution < -0.4 is 10.6 Å². The lowest BCUT2D eigenvalue weighted by atomic mass is 9.92. The highest BCUT2D eigenvalue weighted by atomic mass is 32.2. The number of hydrogen-bond donors (Lipinski definition) is 2. The van der Waals surface area contributed by atoms with Crippen LogP contribution in [0.25, 0.3) is 0 Å². The Hall–Kier alpha value is -0.420. The number of piperidine rings is 1. The molecule has 1 aliphatic carbocycles. The first-order chi connectivity index (χ1) is 10.8. The second-order valence-corrected chi connectivity index (χ2v) is 8.34. The summed E-state index contributed by atoms with van der Waals surface area (Å²) in [5.74, 6) is 3.15. The molecule has 3 fully saturated rings. The molecule has 3 rings (SSSR count). The molecular formula is C17H31N3OS. The summed E-state index contributed by atoms with van der Waals surface area (Å²) in [5, 5.41) is 6.25. The van der Waals surface area contributed by atoms with Crippen molar-refractivity contribution < 1.29 is 4.79 Å². The van der Waals surface area contributed by atoms with Crippen molar-refractivity contribution in [3.8, 4) is 0 Å². The fourth-order valence-electron chi connectivity index (χ4n) is 4.07. The third-order valence-corrected chi connectivity index (χ3v) is 6.76. The molecule has 1 saturated carbocycles. The summed E-state index contributed by atoms with van der Waals surface area (Å²) >= 11 is 2.01. The quantitative estimate of drug-likeness (QED) is 0.835. The SMILES string of the molecule is O=C(NCC1CCSC1)NC1CCN(C2CCCCC2)CC1. The first-order valence-corrected chi connectivity index (χ1v) is 10.3. The summed E-state index contributed by atoms with van der Waals surface area (Å²) in [7, 11) is 0. The van der Waals surface area contributed by atoms with Crippen molar-refractivity contribution in [3.63, 3.8) is 0 Å². The van der Waals surface area contributed by atoms with Crippen LogP contribution in [0.15, 0.2) is 0 Å². The number of carbonyl (C=O) groups excluding carboxylic acids is 1. The molecule has 1 atom stereocenters. The van der Waals surface area contributed by atoms with Gasteiger partial charge in [-0.2, -0.15) is 11.8 Å². The summed E-state index contributed by atoms with van der Waals surface area (Å²) in [4.78, 5) is 14.7. The topological polar surface area (TPSA) is 44.4 Å². The van der Waals surface area contributed by atoms with E-state index in [1.54, 1.807) is 0 Å². The third kappa shape index (κ3) is 4.79.